The first kappa shape index (κ1) is 16.5. The van der Waals surface area contributed by atoms with Crippen molar-refractivity contribution in [3.8, 4) is 5.75 Å². The SMILES string of the molecule is C[C@@H](Oc1cccc(F)c1)C(=O)N[C@@H](C(N)=O)c1ccccc1. The lowest BCUT2D eigenvalue weighted by Crippen LogP contribution is -2.43. The first-order valence-corrected chi connectivity index (χ1v) is 7.04. The number of primary amides is 1. The van der Waals surface area contributed by atoms with Crippen molar-refractivity contribution in [3.63, 3.8) is 0 Å². The predicted octanol–water partition coefficient (Wildman–Crippen LogP) is 1.94. The van der Waals surface area contributed by atoms with Gasteiger partial charge in [0.25, 0.3) is 5.91 Å². The molecule has 5 nitrogen and oxygen atoms in total. The van der Waals surface area contributed by atoms with Gasteiger partial charge in [-0.1, -0.05) is 36.4 Å². The lowest BCUT2D eigenvalue weighted by molar-refractivity contribution is -0.131. The van der Waals surface area contributed by atoms with E-state index >= 15 is 0 Å². The van der Waals surface area contributed by atoms with Gasteiger partial charge in [0.2, 0.25) is 5.91 Å². The highest BCUT2D eigenvalue weighted by atomic mass is 19.1. The fraction of sp³-hybridized carbons (Fsp3) is 0.176. The molecule has 0 saturated heterocycles. The molecule has 2 amide bonds. The van der Waals surface area contributed by atoms with E-state index in [1.54, 1.807) is 30.3 Å². The molecule has 0 saturated carbocycles. The Balaban J connectivity index is 2.05. The normalized spacial score (nSPS) is 13.0. The lowest BCUT2D eigenvalue weighted by atomic mass is 10.1. The van der Waals surface area contributed by atoms with Gasteiger partial charge in [-0.05, 0) is 24.6 Å². The number of hydrogen-bond acceptors (Lipinski definition) is 3. The number of carbonyl (C=O) groups excluding carboxylic acids is 2. The van der Waals surface area contributed by atoms with Crippen LogP contribution in [0.4, 0.5) is 4.39 Å². The van der Waals surface area contributed by atoms with E-state index in [1.165, 1.54) is 31.2 Å². The van der Waals surface area contributed by atoms with Crippen molar-refractivity contribution in [1.29, 1.82) is 0 Å². The van der Waals surface area contributed by atoms with Crippen LogP contribution in [0.25, 0.3) is 0 Å². The summed E-state index contributed by atoms with van der Waals surface area (Å²) in [5.74, 6) is -1.44. The van der Waals surface area contributed by atoms with Gasteiger partial charge in [-0.3, -0.25) is 9.59 Å². The number of halogens is 1. The average molecular weight is 316 g/mol. The molecule has 0 spiro atoms. The van der Waals surface area contributed by atoms with E-state index < -0.39 is 29.8 Å². The monoisotopic (exact) mass is 316 g/mol. The number of nitrogens with two attached hydrogens (primary N) is 1. The Morgan fingerprint density at radius 2 is 1.83 bits per heavy atom. The zero-order valence-corrected chi connectivity index (χ0v) is 12.5. The Labute approximate surface area is 133 Å². The zero-order chi connectivity index (χ0) is 16.8. The summed E-state index contributed by atoms with van der Waals surface area (Å²) in [7, 11) is 0. The van der Waals surface area contributed by atoms with Gasteiger partial charge in [0.1, 0.15) is 17.6 Å². The zero-order valence-electron chi connectivity index (χ0n) is 12.5. The molecule has 0 bridgehead atoms. The number of hydrogen-bond donors (Lipinski definition) is 2. The Kier molecular flexibility index (Phi) is 5.30. The maximum absolute atomic E-state index is 13.1. The minimum absolute atomic E-state index is 0.225. The van der Waals surface area contributed by atoms with Crippen molar-refractivity contribution < 1.29 is 18.7 Å². The molecule has 0 heterocycles. The largest absolute Gasteiger partial charge is 0.481 e. The summed E-state index contributed by atoms with van der Waals surface area (Å²) in [6, 6.07) is 13.2. The molecule has 0 fully saturated rings. The molecule has 0 unspecified atom stereocenters. The second-order valence-electron chi connectivity index (χ2n) is 4.97. The van der Waals surface area contributed by atoms with Crippen molar-refractivity contribution in [2.75, 3.05) is 0 Å². The summed E-state index contributed by atoms with van der Waals surface area (Å²) in [6.45, 7) is 1.50. The molecule has 0 radical (unpaired) electrons. The van der Waals surface area contributed by atoms with Gasteiger partial charge in [0.05, 0.1) is 0 Å². The molecule has 0 aliphatic rings. The minimum Gasteiger partial charge on any atom is -0.481 e. The second kappa shape index (κ2) is 7.40. The van der Waals surface area contributed by atoms with Crippen molar-refractivity contribution >= 4 is 11.8 Å². The van der Waals surface area contributed by atoms with Crippen LogP contribution >= 0.6 is 0 Å². The third-order valence-electron chi connectivity index (χ3n) is 3.18. The molecule has 23 heavy (non-hydrogen) atoms. The van der Waals surface area contributed by atoms with Gasteiger partial charge >= 0.3 is 0 Å². The summed E-state index contributed by atoms with van der Waals surface area (Å²) in [6.07, 6.45) is -0.914. The molecule has 0 aliphatic carbocycles. The first-order chi connectivity index (χ1) is 11.0. The summed E-state index contributed by atoms with van der Waals surface area (Å²) >= 11 is 0. The molecule has 120 valence electrons. The first-order valence-electron chi connectivity index (χ1n) is 7.04. The van der Waals surface area contributed by atoms with Gasteiger partial charge in [-0.2, -0.15) is 0 Å². The summed E-state index contributed by atoms with van der Waals surface area (Å²) in [4.78, 5) is 23.8. The smallest absolute Gasteiger partial charge is 0.261 e. The minimum atomic E-state index is -0.956. The van der Waals surface area contributed by atoms with Crippen molar-refractivity contribution in [1.82, 2.24) is 5.32 Å². The Morgan fingerprint density at radius 3 is 2.43 bits per heavy atom. The topological polar surface area (TPSA) is 81.4 Å². The highest BCUT2D eigenvalue weighted by Crippen LogP contribution is 2.15. The second-order valence-corrected chi connectivity index (χ2v) is 4.97. The Hall–Kier alpha value is -2.89. The summed E-state index contributed by atoms with van der Waals surface area (Å²) < 4.78 is 18.5. The van der Waals surface area contributed by atoms with E-state index in [-0.39, 0.29) is 5.75 Å². The van der Waals surface area contributed by atoms with Crippen LogP contribution in [-0.2, 0) is 9.59 Å². The molecule has 2 aromatic rings. The van der Waals surface area contributed by atoms with Crippen LogP contribution in [0.5, 0.6) is 5.75 Å². The van der Waals surface area contributed by atoms with E-state index in [4.69, 9.17) is 10.5 Å². The van der Waals surface area contributed by atoms with Crippen LogP contribution in [0.15, 0.2) is 54.6 Å². The highest BCUT2D eigenvalue weighted by molar-refractivity contribution is 5.89. The molecule has 2 rings (SSSR count). The number of benzene rings is 2. The van der Waals surface area contributed by atoms with Crippen LogP contribution in [0.1, 0.15) is 18.5 Å². The molecular weight excluding hydrogens is 299 g/mol. The molecule has 0 aliphatic heterocycles. The summed E-state index contributed by atoms with van der Waals surface area (Å²) in [5.41, 5.74) is 5.92. The highest BCUT2D eigenvalue weighted by Gasteiger charge is 2.24. The number of amides is 2. The molecule has 2 aromatic carbocycles. The molecule has 3 N–H and O–H groups in total. The van der Waals surface area contributed by atoms with Crippen LogP contribution in [0.3, 0.4) is 0 Å². The van der Waals surface area contributed by atoms with Crippen molar-refractivity contribution in [2.45, 2.75) is 19.1 Å². The number of carbonyl (C=O) groups is 2. The van der Waals surface area contributed by atoms with E-state index in [2.05, 4.69) is 5.32 Å². The van der Waals surface area contributed by atoms with Gasteiger partial charge in [0.15, 0.2) is 6.10 Å². The number of rotatable bonds is 6. The maximum Gasteiger partial charge on any atom is 0.261 e. The fourth-order valence-electron chi connectivity index (χ4n) is 2.02. The van der Waals surface area contributed by atoms with E-state index in [0.29, 0.717) is 5.56 Å². The number of nitrogens with one attached hydrogen (secondary N) is 1. The Morgan fingerprint density at radius 1 is 1.13 bits per heavy atom. The van der Waals surface area contributed by atoms with E-state index in [1.807, 2.05) is 0 Å². The van der Waals surface area contributed by atoms with Gasteiger partial charge < -0.3 is 15.8 Å². The molecule has 0 aromatic heterocycles. The standard InChI is InChI=1S/C17H17FN2O3/c1-11(23-14-9-5-8-13(18)10-14)17(22)20-15(16(19)21)12-6-3-2-4-7-12/h2-11,15H,1H3,(H2,19,21)(H,20,22)/t11-,15-/m1/s1. The maximum atomic E-state index is 13.1. The van der Waals surface area contributed by atoms with Crippen molar-refractivity contribution in [2.24, 2.45) is 5.73 Å². The quantitative estimate of drug-likeness (QED) is 0.854. The predicted molar refractivity (Wildman–Crippen MR) is 83.0 cm³/mol. The third kappa shape index (κ3) is 4.54. The molecule has 2 atom stereocenters. The van der Waals surface area contributed by atoms with E-state index in [9.17, 15) is 14.0 Å². The van der Waals surface area contributed by atoms with Gasteiger partial charge in [-0.15, -0.1) is 0 Å². The van der Waals surface area contributed by atoms with Gasteiger partial charge in [-0.25, -0.2) is 4.39 Å². The third-order valence-corrected chi connectivity index (χ3v) is 3.18. The van der Waals surface area contributed by atoms with Crippen LogP contribution in [-0.4, -0.2) is 17.9 Å². The number of ether oxygens (including phenoxy) is 1. The lowest BCUT2D eigenvalue weighted by Gasteiger charge is -2.19. The average Bonchev–Trinajstić information content (AvgIpc) is 2.52. The Bertz CT molecular complexity index is 691. The molecular formula is C17H17FN2O3. The fourth-order valence-corrected chi connectivity index (χ4v) is 2.02. The van der Waals surface area contributed by atoms with Crippen LogP contribution < -0.4 is 15.8 Å². The van der Waals surface area contributed by atoms with Gasteiger partial charge in [0, 0.05) is 6.07 Å². The van der Waals surface area contributed by atoms with Crippen molar-refractivity contribution in [3.05, 3.63) is 66.0 Å². The summed E-state index contributed by atoms with van der Waals surface area (Å²) in [5, 5.41) is 2.54. The molecule has 6 heteroatoms. The van der Waals surface area contributed by atoms with Crippen LogP contribution in [0.2, 0.25) is 0 Å². The van der Waals surface area contributed by atoms with Crippen LogP contribution in [0, 0.1) is 5.82 Å². The van der Waals surface area contributed by atoms with E-state index in [0.717, 1.165) is 0 Å².